The molecule has 0 aromatic rings. The van der Waals surface area contributed by atoms with Gasteiger partial charge in [-0.25, -0.2) is 0 Å². The predicted molar refractivity (Wildman–Crippen MR) is 108 cm³/mol. The maximum Gasteiger partial charge on any atom is 0.225 e. The van der Waals surface area contributed by atoms with Crippen molar-refractivity contribution in [2.24, 2.45) is 17.8 Å². The van der Waals surface area contributed by atoms with Gasteiger partial charge in [0.2, 0.25) is 5.91 Å². The minimum absolute atomic E-state index is 0.321. The van der Waals surface area contributed by atoms with Crippen molar-refractivity contribution in [2.75, 3.05) is 45.8 Å². The predicted octanol–water partition coefficient (Wildman–Crippen LogP) is 3.47. The van der Waals surface area contributed by atoms with Gasteiger partial charge in [0.15, 0.2) is 0 Å². The van der Waals surface area contributed by atoms with Crippen LogP contribution in [0.3, 0.4) is 0 Å². The van der Waals surface area contributed by atoms with Crippen molar-refractivity contribution in [3.63, 3.8) is 0 Å². The summed E-state index contributed by atoms with van der Waals surface area (Å²) in [6.45, 7) is 15.1. The number of piperazine rings is 1. The van der Waals surface area contributed by atoms with Crippen LogP contribution in [0, 0.1) is 17.8 Å². The highest BCUT2D eigenvalue weighted by Gasteiger charge is 2.32. The highest BCUT2D eigenvalue weighted by molar-refractivity contribution is 5.79. The molecular formula is C22H41N3O. The molecule has 4 nitrogen and oxygen atoms in total. The molecule has 0 spiro atoms. The van der Waals surface area contributed by atoms with E-state index >= 15 is 0 Å². The van der Waals surface area contributed by atoms with Gasteiger partial charge in [0.25, 0.3) is 0 Å². The van der Waals surface area contributed by atoms with Crippen molar-refractivity contribution in [3.8, 4) is 0 Å². The van der Waals surface area contributed by atoms with Crippen LogP contribution < -0.4 is 0 Å². The van der Waals surface area contributed by atoms with Crippen LogP contribution in [0.5, 0.6) is 0 Å². The first-order valence-corrected chi connectivity index (χ1v) is 11.3. The molecule has 2 heterocycles. The van der Waals surface area contributed by atoms with E-state index in [0.29, 0.717) is 17.9 Å². The highest BCUT2D eigenvalue weighted by Crippen LogP contribution is 2.32. The zero-order chi connectivity index (χ0) is 18.5. The maximum atomic E-state index is 12.9. The molecule has 2 saturated heterocycles. The zero-order valence-corrected chi connectivity index (χ0v) is 17.5. The van der Waals surface area contributed by atoms with Gasteiger partial charge in [-0.15, -0.1) is 0 Å². The van der Waals surface area contributed by atoms with Gasteiger partial charge in [0.05, 0.1) is 0 Å². The molecule has 1 amide bonds. The Kier molecular flexibility index (Phi) is 7.39. The first-order chi connectivity index (χ1) is 12.6. The van der Waals surface area contributed by atoms with Gasteiger partial charge in [0.1, 0.15) is 0 Å². The molecule has 0 unspecified atom stereocenters. The van der Waals surface area contributed by atoms with E-state index in [0.717, 1.165) is 37.8 Å². The van der Waals surface area contributed by atoms with Crippen LogP contribution >= 0.6 is 0 Å². The summed E-state index contributed by atoms with van der Waals surface area (Å²) in [6.07, 6.45) is 8.49. The number of carbonyl (C=O) groups is 1. The molecule has 0 aromatic carbocycles. The van der Waals surface area contributed by atoms with Crippen molar-refractivity contribution < 1.29 is 4.79 Å². The van der Waals surface area contributed by atoms with Crippen LogP contribution in [0.2, 0.25) is 0 Å². The molecule has 3 rings (SSSR count). The van der Waals surface area contributed by atoms with Gasteiger partial charge in [-0.05, 0) is 64.2 Å². The van der Waals surface area contributed by atoms with E-state index in [2.05, 4.69) is 35.5 Å². The molecule has 0 radical (unpaired) electrons. The van der Waals surface area contributed by atoms with E-state index in [-0.39, 0.29) is 0 Å². The topological polar surface area (TPSA) is 26.8 Å². The lowest BCUT2D eigenvalue weighted by molar-refractivity contribution is -0.138. The molecule has 0 aromatic heterocycles. The summed E-state index contributed by atoms with van der Waals surface area (Å²) < 4.78 is 0. The number of hydrogen-bond acceptors (Lipinski definition) is 3. The Morgan fingerprint density at radius 2 is 1.46 bits per heavy atom. The largest absolute Gasteiger partial charge is 0.342 e. The zero-order valence-electron chi connectivity index (χ0n) is 17.5. The van der Waals surface area contributed by atoms with E-state index in [1.807, 2.05) is 0 Å². The monoisotopic (exact) mass is 363 g/mol. The summed E-state index contributed by atoms with van der Waals surface area (Å²) in [5.74, 6) is 2.46. The third-order valence-electron chi connectivity index (χ3n) is 7.35. The van der Waals surface area contributed by atoms with Gasteiger partial charge in [-0.1, -0.05) is 13.3 Å². The molecule has 0 bridgehead atoms. The molecule has 1 aliphatic carbocycles. The SMILES string of the molecule is CCC1CCN(C(=O)C2CCC(CN3CCN(C(C)C)CC3)CC2)CC1. The van der Waals surface area contributed by atoms with Gasteiger partial charge in [-0.3, -0.25) is 9.69 Å². The lowest BCUT2D eigenvalue weighted by Crippen LogP contribution is -2.50. The van der Waals surface area contributed by atoms with E-state index in [4.69, 9.17) is 0 Å². The second-order valence-electron chi connectivity index (χ2n) is 9.32. The fourth-order valence-electron chi connectivity index (χ4n) is 5.24. The summed E-state index contributed by atoms with van der Waals surface area (Å²) >= 11 is 0. The minimum atomic E-state index is 0.321. The third kappa shape index (κ3) is 5.22. The number of amides is 1. The number of piperidine rings is 1. The van der Waals surface area contributed by atoms with Crippen molar-refractivity contribution >= 4 is 5.91 Å². The number of likely N-dealkylation sites (tertiary alicyclic amines) is 1. The van der Waals surface area contributed by atoms with Crippen LogP contribution in [-0.4, -0.2) is 72.5 Å². The average Bonchev–Trinajstić information content (AvgIpc) is 2.68. The highest BCUT2D eigenvalue weighted by atomic mass is 16.2. The molecule has 2 aliphatic heterocycles. The molecular weight excluding hydrogens is 322 g/mol. The second kappa shape index (κ2) is 9.54. The first kappa shape index (κ1) is 20.1. The average molecular weight is 364 g/mol. The minimum Gasteiger partial charge on any atom is -0.342 e. The molecule has 1 saturated carbocycles. The Hall–Kier alpha value is -0.610. The van der Waals surface area contributed by atoms with Gasteiger partial charge < -0.3 is 9.80 Å². The number of hydrogen-bond donors (Lipinski definition) is 0. The summed E-state index contributed by atoms with van der Waals surface area (Å²) in [4.78, 5) is 20.3. The molecule has 0 N–H and O–H groups in total. The van der Waals surface area contributed by atoms with Crippen LogP contribution in [-0.2, 0) is 4.79 Å². The second-order valence-corrected chi connectivity index (χ2v) is 9.32. The molecule has 26 heavy (non-hydrogen) atoms. The maximum absolute atomic E-state index is 12.9. The van der Waals surface area contributed by atoms with E-state index in [9.17, 15) is 4.79 Å². The van der Waals surface area contributed by atoms with Crippen molar-refractivity contribution in [3.05, 3.63) is 0 Å². The van der Waals surface area contributed by atoms with Gasteiger partial charge >= 0.3 is 0 Å². The molecule has 4 heteroatoms. The third-order valence-corrected chi connectivity index (χ3v) is 7.35. The Balaban J connectivity index is 1.36. The molecule has 150 valence electrons. The Bertz CT molecular complexity index is 429. The fraction of sp³-hybridized carbons (Fsp3) is 0.955. The van der Waals surface area contributed by atoms with Crippen LogP contribution in [0.4, 0.5) is 0 Å². The summed E-state index contributed by atoms with van der Waals surface area (Å²) in [5, 5.41) is 0. The molecule has 3 aliphatic rings. The van der Waals surface area contributed by atoms with E-state index in [1.54, 1.807) is 0 Å². The van der Waals surface area contributed by atoms with Crippen LogP contribution in [0.1, 0.15) is 65.7 Å². The quantitative estimate of drug-likeness (QED) is 0.748. The van der Waals surface area contributed by atoms with Crippen molar-refractivity contribution in [1.29, 1.82) is 0 Å². The van der Waals surface area contributed by atoms with Crippen LogP contribution in [0.15, 0.2) is 0 Å². The van der Waals surface area contributed by atoms with Gasteiger partial charge in [0, 0.05) is 57.8 Å². The first-order valence-electron chi connectivity index (χ1n) is 11.3. The van der Waals surface area contributed by atoms with Gasteiger partial charge in [-0.2, -0.15) is 0 Å². The number of nitrogens with zero attached hydrogens (tertiary/aromatic N) is 3. The Labute approximate surface area is 161 Å². The normalized spacial score (nSPS) is 30.1. The summed E-state index contributed by atoms with van der Waals surface area (Å²) in [5.41, 5.74) is 0. The molecule has 0 atom stereocenters. The lowest BCUT2D eigenvalue weighted by atomic mass is 9.80. The number of rotatable bonds is 5. The Morgan fingerprint density at radius 1 is 0.846 bits per heavy atom. The standard InChI is InChI=1S/C22H41N3O/c1-4-19-9-11-25(12-10-19)22(26)21-7-5-20(6-8-21)17-23-13-15-24(16-14-23)18(2)3/h18-21H,4-17H2,1-3H3. The smallest absolute Gasteiger partial charge is 0.225 e. The van der Waals surface area contributed by atoms with Crippen molar-refractivity contribution in [2.45, 2.75) is 71.8 Å². The number of carbonyl (C=O) groups excluding carboxylic acids is 1. The summed E-state index contributed by atoms with van der Waals surface area (Å²) in [6, 6.07) is 0.681. The molecule has 3 fully saturated rings. The van der Waals surface area contributed by atoms with E-state index in [1.165, 1.54) is 64.8 Å². The summed E-state index contributed by atoms with van der Waals surface area (Å²) in [7, 11) is 0. The lowest BCUT2D eigenvalue weighted by Gasteiger charge is -2.40. The fourth-order valence-corrected chi connectivity index (χ4v) is 5.24. The van der Waals surface area contributed by atoms with Crippen LogP contribution in [0.25, 0.3) is 0 Å². The van der Waals surface area contributed by atoms with Crippen molar-refractivity contribution in [1.82, 2.24) is 14.7 Å². The Morgan fingerprint density at radius 3 is 2.00 bits per heavy atom. The van der Waals surface area contributed by atoms with E-state index < -0.39 is 0 Å².